The van der Waals surface area contributed by atoms with Crippen LogP contribution in [0.4, 0.5) is 0 Å². The molecule has 0 aliphatic heterocycles. The first kappa shape index (κ1) is 12.9. The van der Waals surface area contributed by atoms with Crippen molar-refractivity contribution >= 4 is 6.08 Å². The summed E-state index contributed by atoms with van der Waals surface area (Å²) in [6, 6.07) is 10.5. The van der Waals surface area contributed by atoms with Gasteiger partial charge in [-0.05, 0) is 49.0 Å². The summed E-state index contributed by atoms with van der Waals surface area (Å²) in [4.78, 5) is 0. The summed E-state index contributed by atoms with van der Waals surface area (Å²) < 4.78 is 0. The van der Waals surface area contributed by atoms with Crippen LogP contribution in [0.5, 0.6) is 0 Å². The van der Waals surface area contributed by atoms with Gasteiger partial charge in [0.2, 0.25) is 0 Å². The van der Waals surface area contributed by atoms with Crippen molar-refractivity contribution in [2.24, 2.45) is 11.3 Å². The molecular formula is C18H24O. The van der Waals surface area contributed by atoms with Crippen molar-refractivity contribution in [1.29, 1.82) is 0 Å². The number of hydrogen-bond donors (Lipinski definition) is 1. The van der Waals surface area contributed by atoms with Gasteiger partial charge in [0.25, 0.3) is 0 Å². The van der Waals surface area contributed by atoms with E-state index in [1.54, 1.807) is 0 Å². The summed E-state index contributed by atoms with van der Waals surface area (Å²) in [5.41, 5.74) is 2.34. The predicted molar refractivity (Wildman–Crippen MR) is 79.7 cm³/mol. The highest BCUT2D eigenvalue weighted by atomic mass is 16.3. The van der Waals surface area contributed by atoms with Crippen molar-refractivity contribution in [1.82, 2.24) is 0 Å². The van der Waals surface area contributed by atoms with E-state index in [4.69, 9.17) is 0 Å². The minimum absolute atomic E-state index is 0.126. The van der Waals surface area contributed by atoms with Crippen LogP contribution < -0.4 is 0 Å². The molecule has 1 aromatic rings. The van der Waals surface area contributed by atoms with Crippen molar-refractivity contribution in [2.75, 3.05) is 0 Å². The molecule has 0 saturated heterocycles. The van der Waals surface area contributed by atoms with Gasteiger partial charge in [-0.3, -0.25) is 0 Å². The first-order valence-corrected chi connectivity index (χ1v) is 7.50. The lowest BCUT2D eigenvalue weighted by atomic mass is 9.62. The number of fused-ring (bicyclic) bond motifs is 1. The lowest BCUT2D eigenvalue weighted by molar-refractivity contribution is -0.0820. The van der Waals surface area contributed by atoms with E-state index < -0.39 is 5.60 Å². The van der Waals surface area contributed by atoms with Gasteiger partial charge in [0, 0.05) is 0 Å². The topological polar surface area (TPSA) is 20.2 Å². The second-order valence-electron chi connectivity index (χ2n) is 6.78. The zero-order valence-electron chi connectivity index (χ0n) is 12.0. The summed E-state index contributed by atoms with van der Waals surface area (Å²) in [6.07, 6.45) is 7.55. The van der Waals surface area contributed by atoms with Gasteiger partial charge in [-0.2, -0.15) is 0 Å². The molecule has 0 heterocycles. The van der Waals surface area contributed by atoms with Crippen molar-refractivity contribution in [3.8, 4) is 0 Å². The maximum atomic E-state index is 11.0. The Bertz CT molecular complexity index is 490. The van der Waals surface area contributed by atoms with Crippen LogP contribution in [0.1, 0.15) is 51.5 Å². The van der Waals surface area contributed by atoms with Gasteiger partial charge in [0.05, 0.1) is 5.60 Å². The summed E-state index contributed by atoms with van der Waals surface area (Å²) in [7, 11) is 0. The fourth-order valence-corrected chi connectivity index (χ4v) is 4.08. The van der Waals surface area contributed by atoms with Crippen molar-refractivity contribution < 1.29 is 5.11 Å². The lowest BCUT2D eigenvalue weighted by Crippen LogP contribution is -2.47. The van der Waals surface area contributed by atoms with Gasteiger partial charge in [-0.25, -0.2) is 0 Å². The number of hydrogen-bond acceptors (Lipinski definition) is 1. The Morgan fingerprint density at radius 2 is 1.95 bits per heavy atom. The smallest absolute Gasteiger partial charge is 0.0740 e. The highest BCUT2D eigenvalue weighted by Crippen LogP contribution is 2.58. The Morgan fingerprint density at radius 1 is 1.21 bits per heavy atom. The van der Waals surface area contributed by atoms with Gasteiger partial charge in [0.15, 0.2) is 0 Å². The van der Waals surface area contributed by atoms with Crippen molar-refractivity contribution in [2.45, 2.75) is 51.6 Å². The molecule has 3 atom stereocenters. The van der Waals surface area contributed by atoms with E-state index in [2.05, 4.69) is 44.2 Å². The van der Waals surface area contributed by atoms with Crippen molar-refractivity contribution in [3.63, 3.8) is 0 Å². The van der Waals surface area contributed by atoms with Gasteiger partial charge < -0.3 is 5.11 Å². The largest absolute Gasteiger partial charge is 0.389 e. The molecule has 1 nitrogen and oxygen atoms in total. The fraction of sp³-hybridized carbons (Fsp3) is 0.556. The van der Waals surface area contributed by atoms with Crippen LogP contribution in [-0.2, 0) is 0 Å². The van der Waals surface area contributed by atoms with E-state index in [0.29, 0.717) is 5.92 Å². The Hall–Kier alpha value is -1.08. The first-order valence-electron chi connectivity index (χ1n) is 7.50. The van der Waals surface area contributed by atoms with Crippen LogP contribution in [-0.4, -0.2) is 10.7 Å². The number of rotatable bonds is 1. The van der Waals surface area contributed by atoms with E-state index in [-0.39, 0.29) is 5.41 Å². The Kier molecular flexibility index (Phi) is 3.05. The second kappa shape index (κ2) is 4.49. The lowest BCUT2D eigenvalue weighted by Gasteiger charge is -2.47. The Morgan fingerprint density at radius 3 is 2.68 bits per heavy atom. The van der Waals surface area contributed by atoms with E-state index >= 15 is 0 Å². The summed E-state index contributed by atoms with van der Waals surface area (Å²) in [6.45, 7) is 4.60. The zero-order valence-corrected chi connectivity index (χ0v) is 12.0. The molecule has 1 N–H and O–H groups in total. The third-order valence-corrected chi connectivity index (χ3v) is 5.80. The monoisotopic (exact) mass is 256 g/mol. The van der Waals surface area contributed by atoms with E-state index in [0.717, 1.165) is 25.7 Å². The maximum absolute atomic E-state index is 11.0. The SMILES string of the molecule is CC1CCC2(O)C/C(=C/c3ccccc3)CCC12C. The van der Waals surface area contributed by atoms with Crippen LogP contribution in [0.2, 0.25) is 0 Å². The van der Waals surface area contributed by atoms with Crippen molar-refractivity contribution in [3.05, 3.63) is 41.5 Å². The molecule has 19 heavy (non-hydrogen) atoms. The standard InChI is InChI=1S/C18H24O/c1-14-8-11-18(19)13-16(9-10-17(14,18)2)12-15-6-4-3-5-7-15/h3-7,12,14,19H,8-11,13H2,1-2H3/b16-12+. The zero-order chi connectivity index (χ0) is 13.5. The highest BCUT2D eigenvalue weighted by Gasteiger charge is 2.56. The van der Waals surface area contributed by atoms with E-state index in [1.807, 2.05) is 6.07 Å². The normalized spacial score (nSPS) is 40.4. The molecule has 0 amide bonds. The average Bonchev–Trinajstić information content (AvgIpc) is 2.64. The molecule has 102 valence electrons. The second-order valence-corrected chi connectivity index (χ2v) is 6.78. The minimum atomic E-state index is -0.467. The summed E-state index contributed by atoms with van der Waals surface area (Å²) >= 11 is 0. The first-order chi connectivity index (χ1) is 9.03. The summed E-state index contributed by atoms with van der Waals surface area (Å²) in [5, 5.41) is 11.0. The van der Waals surface area contributed by atoms with E-state index in [9.17, 15) is 5.11 Å². The van der Waals surface area contributed by atoms with E-state index in [1.165, 1.54) is 17.6 Å². The molecular weight excluding hydrogens is 232 g/mol. The number of benzene rings is 1. The summed E-state index contributed by atoms with van der Waals surface area (Å²) in [5.74, 6) is 0.649. The third kappa shape index (κ3) is 2.04. The molecule has 0 radical (unpaired) electrons. The van der Waals surface area contributed by atoms with Gasteiger partial charge >= 0.3 is 0 Å². The Labute approximate surface area is 116 Å². The van der Waals surface area contributed by atoms with Crippen LogP contribution >= 0.6 is 0 Å². The van der Waals surface area contributed by atoms with Gasteiger partial charge in [-0.15, -0.1) is 0 Å². The predicted octanol–water partition coefficient (Wildman–Crippen LogP) is 4.42. The molecule has 2 aliphatic rings. The molecule has 1 heteroatoms. The van der Waals surface area contributed by atoms with Gasteiger partial charge in [-0.1, -0.05) is 55.8 Å². The molecule has 1 aromatic carbocycles. The number of aliphatic hydroxyl groups is 1. The molecule has 2 saturated carbocycles. The fourth-order valence-electron chi connectivity index (χ4n) is 4.08. The van der Waals surface area contributed by atoms with Crippen LogP contribution in [0, 0.1) is 11.3 Å². The minimum Gasteiger partial charge on any atom is -0.389 e. The highest BCUT2D eigenvalue weighted by molar-refractivity contribution is 5.53. The molecule has 0 bridgehead atoms. The molecule has 0 aromatic heterocycles. The average molecular weight is 256 g/mol. The maximum Gasteiger partial charge on any atom is 0.0740 e. The van der Waals surface area contributed by atoms with Gasteiger partial charge in [0.1, 0.15) is 0 Å². The van der Waals surface area contributed by atoms with Crippen LogP contribution in [0.3, 0.4) is 0 Å². The third-order valence-electron chi connectivity index (χ3n) is 5.80. The molecule has 3 unspecified atom stereocenters. The molecule has 2 fully saturated rings. The molecule has 3 rings (SSSR count). The van der Waals surface area contributed by atoms with Crippen LogP contribution in [0.25, 0.3) is 6.08 Å². The molecule has 2 aliphatic carbocycles. The quantitative estimate of drug-likeness (QED) is 0.788. The molecule has 0 spiro atoms. The Balaban J connectivity index is 1.85. The van der Waals surface area contributed by atoms with Crippen LogP contribution in [0.15, 0.2) is 35.9 Å².